The second-order valence-electron chi connectivity index (χ2n) is 6.51. The SMILES string of the molecule is CCn1c(=S)[nH]c2cc(C(=O)NCCCCOc3ccc(F)cc3)ccc2c1=O. The third kappa shape index (κ3) is 5.08. The van der Waals surface area contributed by atoms with Gasteiger partial charge in [0.15, 0.2) is 4.77 Å². The minimum atomic E-state index is -0.300. The van der Waals surface area contributed by atoms with E-state index >= 15 is 0 Å². The number of rotatable bonds is 8. The molecule has 3 rings (SSSR count). The summed E-state index contributed by atoms with van der Waals surface area (Å²) in [5, 5.41) is 3.35. The van der Waals surface area contributed by atoms with Crippen LogP contribution in [-0.4, -0.2) is 28.6 Å². The molecule has 0 aliphatic heterocycles. The number of fused-ring (bicyclic) bond motifs is 1. The number of benzene rings is 2. The van der Waals surface area contributed by atoms with Gasteiger partial charge in [0.25, 0.3) is 11.5 Å². The highest BCUT2D eigenvalue weighted by Gasteiger charge is 2.09. The molecule has 29 heavy (non-hydrogen) atoms. The van der Waals surface area contributed by atoms with Crippen molar-refractivity contribution in [2.75, 3.05) is 13.2 Å². The molecule has 8 heteroatoms. The van der Waals surface area contributed by atoms with E-state index in [2.05, 4.69) is 10.3 Å². The highest BCUT2D eigenvalue weighted by Crippen LogP contribution is 2.12. The zero-order valence-electron chi connectivity index (χ0n) is 16.0. The van der Waals surface area contributed by atoms with Crippen LogP contribution in [0.3, 0.4) is 0 Å². The Morgan fingerprint density at radius 2 is 1.97 bits per heavy atom. The predicted molar refractivity (Wildman–Crippen MR) is 113 cm³/mol. The maximum atomic E-state index is 12.8. The van der Waals surface area contributed by atoms with Gasteiger partial charge in [0.2, 0.25) is 0 Å². The Balaban J connectivity index is 1.51. The number of aromatic amines is 1. The minimum Gasteiger partial charge on any atom is -0.494 e. The molecule has 0 radical (unpaired) electrons. The van der Waals surface area contributed by atoms with Gasteiger partial charge in [0.05, 0.1) is 17.5 Å². The number of halogens is 1. The number of amides is 1. The summed E-state index contributed by atoms with van der Waals surface area (Å²) in [6, 6.07) is 10.8. The van der Waals surface area contributed by atoms with E-state index in [-0.39, 0.29) is 17.3 Å². The number of H-pyrrole nitrogens is 1. The summed E-state index contributed by atoms with van der Waals surface area (Å²) in [4.78, 5) is 27.8. The lowest BCUT2D eigenvalue weighted by Crippen LogP contribution is -2.25. The number of unbranched alkanes of at least 4 members (excludes halogenated alkanes) is 1. The van der Waals surface area contributed by atoms with Gasteiger partial charge >= 0.3 is 0 Å². The summed E-state index contributed by atoms with van der Waals surface area (Å²) < 4.78 is 20.2. The minimum absolute atomic E-state index is 0.167. The molecule has 0 aliphatic rings. The molecule has 0 saturated heterocycles. The molecule has 152 valence electrons. The molecule has 3 aromatic rings. The molecular formula is C21H22FN3O3S. The highest BCUT2D eigenvalue weighted by atomic mass is 32.1. The molecule has 1 heterocycles. The largest absolute Gasteiger partial charge is 0.494 e. The molecule has 0 atom stereocenters. The average Bonchev–Trinajstić information content (AvgIpc) is 2.71. The fourth-order valence-electron chi connectivity index (χ4n) is 2.93. The van der Waals surface area contributed by atoms with Crippen LogP contribution in [-0.2, 0) is 6.54 Å². The van der Waals surface area contributed by atoms with E-state index < -0.39 is 0 Å². The van der Waals surface area contributed by atoms with Crippen LogP contribution in [0.5, 0.6) is 5.75 Å². The predicted octanol–water partition coefficient (Wildman–Crippen LogP) is 3.81. The Hall–Kier alpha value is -3.00. The van der Waals surface area contributed by atoms with Crippen molar-refractivity contribution in [3.63, 3.8) is 0 Å². The number of carbonyl (C=O) groups excluding carboxylic acids is 1. The molecule has 1 aromatic heterocycles. The van der Waals surface area contributed by atoms with Crippen molar-refractivity contribution in [3.8, 4) is 5.75 Å². The summed E-state index contributed by atoms with van der Waals surface area (Å²) in [6.45, 7) is 3.31. The van der Waals surface area contributed by atoms with E-state index in [0.717, 1.165) is 12.8 Å². The standard InChI is InChI=1S/C21H22FN3O3S/c1-2-25-20(27)17-10-5-14(13-18(17)24-21(25)29)19(26)23-11-3-4-12-28-16-8-6-15(22)7-9-16/h5-10,13H,2-4,11-12H2,1H3,(H,23,26)(H,24,29). The van der Waals surface area contributed by atoms with Gasteiger partial charge in [0.1, 0.15) is 11.6 Å². The van der Waals surface area contributed by atoms with Crippen LogP contribution in [0, 0.1) is 10.6 Å². The molecule has 0 aliphatic carbocycles. The number of aromatic nitrogens is 2. The summed E-state index contributed by atoms with van der Waals surface area (Å²) in [5.74, 6) is 0.0998. The van der Waals surface area contributed by atoms with E-state index in [1.807, 2.05) is 6.92 Å². The average molecular weight is 415 g/mol. The molecule has 2 aromatic carbocycles. The fourth-order valence-corrected chi connectivity index (χ4v) is 3.26. The number of carbonyl (C=O) groups is 1. The quantitative estimate of drug-likeness (QED) is 0.433. The number of hydrogen-bond acceptors (Lipinski definition) is 4. The van der Waals surface area contributed by atoms with E-state index in [0.29, 0.717) is 46.7 Å². The monoisotopic (exact) mass is 415 g/mol. The van der Waals surface area contributed by atoms with Gasteiger partial charge in [0, 0.05) is 18.7 Å². The number of nitrogens with zero attached hydrogens (tertiary/aromatic N) is 1. The topological polar surface area (TPSA) is 76.1 Å². The molecule has 0 unspecified atom stereocenters. The summed E-state index contributed by atoms with van der Waals surface area (Å²) in [5.41, 5.74) is 0.837. The van der Waals surface area contributed by atoms with Gasteiger partial charge in [-0.25, -0.2) is 4.39 Å². The lowest BCUT2D eigenvalue weighted by atomic mass is 10.1. The Bertz CT molecular complexity index is 1120. The zero-order chi connectivity index (χ0) is 20.8. The first-order valence-corrected chi connectivity index (χ1v) is 9.84. The van der Waals surface area contributed by atoms with E-state index in [4.69, 9.17) is 17.0 Å². The third-order valence-electron chi connectivity index (χ3n) is 4.50. The number of ether oxygens (including phenoxy) is 1. The van der Waals surface area contributed by atoms with Crippen LogP contribution in [0.25, 0.3) is 10.9 Å². The third-order valence-corrected chi connectivity index (χ3v) is 4.82. The number of nitrogens with one attached hydrogen (secondary N) is 2. The normalized spacial score (nSPS) is 10.8. The van der Waals surface area contributed by atoms with Crippen molar-refractivity contribution in [3.05, 3.63) is 69.0 Å². The smallest absolute Gasteiger partial charge is 0.262 e. The van der Waals surface area contributed by atoms with Crippen molar-refractivity contribution in [2.45, 2.75) is 26.3 Å². The van der Waals surface area contributed by atoms with Crippen LogP contribution in [0.1, 0.15) is 30.1 Å². The van der Waals surface area contributed by atoms with Crippen molar-refractivity contribution in [1.29, 1.82) is 0 Å². The van der Waals surface area contributed by atoms with Crippen LogP contribution in [0.4, 0.5) is 4.39 Å². The first kappa shape index (κ1) is 20.7. The zero-order valence-corrected chi connectivity index (χ0v) is 16.9. The molecule has 0 spiro atoms. The second kappa shape index (κ2) is 9.47. The van der Waals surface area contributed by atoms with Crippen LogP contribution >= 0.6 is 12.2 Å². The first-order valence-electron chi connectivity index (χ1n) is 9.43. The summed E-state index contributed by atoms with van der Waals surface area (Å²) in [7, 11) is 0. The Morgan fingerprint density at radius 3 is 2.69 bits per heavy atom. The molecule has 2 N–H and O–H groups in total. The molecular weight excluding hydrogens is 393 g/mol. The highest BCUT2D eigenvalue weighted by molar-refractivity contribution is 7.71. The lowest BCUT2D eigenvalue weighted by molar-refractivity contribution is 0.0952. The molecule has 1 amide bonds. The van der Waals surface area contributed by atoms with Gasteiger partial charge in [-0.05, 0) is 74.4 Å². The Kier molecular flexibility index (Phi) is 6.77. The maximum absolute atomic E-state index is 12.8. The maximum Gasteiger partial charge on any atom is 0.262 e. The molecule has 0 saturated carbocycles. The van der Waals surface area contributed by atoms with E-state index in [1.165, 1.54) is 16.7 Å². The van der Waals surface area contributed by atoms with Gasteiger partial charge < -0.3 is 15.0 Å². The van der Waals surface area contributed by atoms with Crippen molar-refractivity contribution >= 4 is 29.0 Å². The molecule has 6 nitrogen and oxygen atoms in total. The second-order valence-corrected chi connectivity index (χ2v) is 6.89. The van der Waals surface area contributed by atoms with Gasteiger partial charge in [-0.1, -0.05) is 0 Å². The molecule has 0 bridgehead atoms. The summed E-state index contributed by atoms with van der Waals surface area (Å²) in [6.07, 6.45) is 1.49. The lowest BCUT2D eigenvalue weighted by Gasteiger charge is -2.09. The number of hydrogen-bond donors (Lipinski definition) is 2. The molecule has 0 fully saturated rings. The van der Waals surface area contributed by atoms with Crippen molar-refractivity contribution in [1.82, 2.24) is 14.9 Å². The Labute approximate surface area is 172 Å². The van der Waals surface area contributed by atoms with Crippen molar-refractivity contribution in [2.24, 2.45) is 0 Å². The summed E-state index contributed by atoms with van der Waals surface area (Å²) >= 11 is 5.20. The van der Waals surface area contributed by atoms with Gasteiger partial charge in [-0.15, -0.1) is 0 Å². The van der Waals surface area contributed by atoms with Crippen LogP contribution in [0.15, 0.2) is 47.3 Å². The Morgan fingerprint density at radius 1 is 1.21 bits per heavy atom. The first-order chi connectivity index (χ1) is 14.0. The van der Waals surface area contributed by atoms with Gasteiger partial charge in [-0.3, -0.25) is 14.2 Å². The fraction of sp³-hybridized carbons (Fsp3) is 0.286. The van der Waals surface area contributed by atoms with Gasteiger partial charge in [-0.2, -0.15) is 0 Å². The van der Waals surface area contributed by atoms with Crippen molar-refractivity contribution < 1.29 is 13.9 Å². The van der Waals surface area contributed by atoms with E-state index in [9.17, 15) is 14.0 Å². The van der Waals surface area contributed by atoms with E-state index in [1.54, 1.807) is 30.3 Å². The van der Waals surface area contributed by atoms with Crippen LogP contribution in [0.2, 0.25) is 0 Å². The van der Waals surface area contributed by atoms with Crippen LogP contribution < -0.4 is 15.6 Å².